The lowest BCUT2D eigenvalue weighted by molar-refractivity contribution is -0.116. The molecule has 0 atom stereocenters. The van der Waals surface area contributed by atoms with Crippen LogP contribution in [0.5, 0.6) is 0 Å². The number of thiophene rings is 1. The third kappa shape index (κ3) is 3.92. The van der Waals surface area contributed by atoms with Gasteiger partial charge in [-0.15, -0.1) is 11.3 Å². The van der Waals surface area contributed by atoms with Crippen molar-refractivity contribution in [3.05, 3.63) is 90.6 Å². The van der Waals surface area contributed by atoms with E-state index >= 15 is 0 Å². The molecule has 0 aliphatic carbocycles. The molecule has 158 valence electrons. The van der Waals surface area contributed by atoms with Gasteiger partial charge in [0.15, 0.2) is 0 Å². The first-order chi connectivity index (χ1) is 14.8. The highest BCUT2D eigenvalue weighted by Gasteiger charge is 2.18. The number of fused-ring (bicyclic) bond motifs is 1. The summed E-state index contributed by atoms with van der Waals surface area (Å²) in [7, 11) is 0. The van der Waals surface area contributed by atoms with Crippen LogP contribution in [0.15, 0.2) is 57.4 Å². The molecule has 2 aromatic carbocycles. The maximum absolute atomic E-state index is 13.7. The number of nitrogens with zero attached hydrogens (tertiary/aromatic N) is 2. The number of halogens is 2. The molecular formula is C22H17ClFN3O3S. The van der Waals surface area contributed by atoms with Crippen LogP contribution >= 0.6 is 22.9 Å². The number of benzene rings is 2. The quantitative estimate of drug-likeness (QED) is 0.497. The monoisotopic (exact) mass is 457 g/mol. The first kappa shape index (κ1) is 21.0. The second-order valence-electron chi connectivity index (χ2n) is 7.11. The van der Waals surface area contributed by atoms with Crippen molar-refractivity contribution >= 4 is 44.7 Å². The zero-order chi connectivity index (χ0) is 22.3. The number of hydrogen-bond donors (Lipinski definition) is 1. The van der Waals surface area contributed by atoms with Gasteiger partial charge in [-0.2, -0.15) is 0 Å². The molecule has 1 N–H and O–H groups in total. The number of nitrogens with one attached hydrogen (secondary N) is 1. The van der Waals surface area contributed by atoms with E-state index in [9.17, 15) is 18.8 Å². The van der Waals surface area contributed by atoms with Crippen molar-refractivity contribution in [3.8, 4) is 5.69 Å². The average Bonchev–Trinajstić information content (AvgIpc) is 3.20. The summed E-state index contributed by atoms with van der Waals surface area (Å²) >= 11 is 7.35. The number of carbonyl (C=O) groups excluding carboxylic acids is 1. The molecule has 0 spiro atoms. The van der Waals surface area contributed by atoms with Crippen LogP contribution in [0.4, 0.5) is 10.1 Å². The topological polar surface area (TPSA) is 73.1 Å². The van der Waals surface area contributed by atoms with Crippen molar-refractivity contribution < 1.29 is 9.18 Å². The molecule has 0 saturated carbocycles. The van der Waals surface area contributed by atoms with Gasteiger partial charge in [0.25, 0.3) is 5.56 Å². The van der Waals surface area contributed by atoms with Crippen molar-refractivity contribution in [2.24, 2.45) is 0 Å². The van der Waals surface area contributed by atoms with Crippen LogP contribution in [0.3, 0.4) is 0 Å². The Hall–Kier alpha value is -3.23. The van der Waals surface area contributed by atoms with Gasteiger partial charge in [-0.1, -0.05) is 17.7 Å². The van der Waals surface area contributed by atoms with Gasteiger partial charge in [-0.25, -0.2) is 13.8 Å². The Kier molecular flexibility index (Phi) is 5.51. The maximum Gasteiger partial charge on any atom is 0.336 e. The summed E-state index contributed by atoms with van der Waals surface area (Å²) in [6, 6.07) is 10.8. The Bertz CT molecular complexity index is 1450. The van der Waals surface area contributed by atoms with Gasteiger partial charge >= 0.3 is 5.69 Å². The number of carbonyl (C=O) groups is 1. The summed E-state index contributed by atoms with van der Waals surface area (Å²) in [5.74, 6) is -0.912. The van der Waals surface area contributed by atoms with Crippen LogP contribution in [0.1, 0.15) is 11.1 Å². The zero-order valence-corrected chi connectivity index (χ0v) is 18.2. The molecular weight excluding hydrogens is 441 g/mol. The lowest BCUT2D eigenvalue weighted by Crippen LogP contribution is -2.40. The summed E-state index contributed by atoms with van der Waals surface area (Å²) in [6.07, 6.45) is 0. The van der Waals surface area contributed by atoms with Gasteiger partial charge in [-0.3, -0.25) is 14.2 Å². The minimum absolute atomic E-state index is 0.236. The summed E-state index contributed by atoms with van der Waals surface area (Å²) in [6.45, 7) is 3.10. The highest BCUT2D eigenvalue weighted by molar-refractivity contribution is 7.17. The molecule has 0 saturated heterocycles. The fourth-order valence-corrected chi connectivity index (χ4v) is 4.40. The summed E-state index contributed by atoms with van der Waals surface area (Å²) < 4.78 is 16.2. The fourth-order valence-electron chi connectivity index (χ4n) is 3.29. The normalized spacial score (nSPS) is 11.1. The second kappa shape index (κ2) is 8.13. The number of hydrogen-bond acceptors (Lipinski definition) is 4. The molecule has 2 aromatic heterocycles. The highest BCUT2D eigenvalue weighted by atomic mass is 35.5. The third-order valence-corrected chi connectivity index (χ3v) is 6.06. The number of anilines is 1. The minimum atomic E-state index is -0.688. The Morgan fingerprint density at radius 2 is 1.90 bits per heavy atom. The van der Waals surface area contributed by atoms with Crippen molar-refractivity contribution in [2.45, 2.75) is 20.4 Å². The standard InChI is InChI=1S/C22H17ClFN3O3S/c1-12-3-6-17(15(23)9-12)25-19(28)11-26-18-7-8-31-20(18)21(29)27(22(26)30)14-4-5-16(24)13(2)10-14/h3-10H,11H2,1-2H3,(H,25,28). The first-order valence-corrected chi connectivity index (χ1v) is 10.6. The second-order valence-corrected chi connectivity index (χ2v) is 8.43. The van der Waals surface area contributed by atoms with Crippen LogP contribution in [0.2, 0.25) is 5.02 Å². The van der Waals surface area contributed by atoms with Gasteiger partial charge < -0.3 is 5.32 Å². The van der Waals surface area contributed by atoms with Crippen LogP contribution < -0.4 is 16.6 Å². The first-order valence-electron chi connectivity index (χ1n) is 9.32. The van der Waals surface area contributed by atoms with E-state index in [2.05, 4.69) is 5.32 Å². The minimum Gasteiger partial charge on any atom is -0.323 e. The van der Waals surface area contributed by atoms with Gasteiger partial charge in [0.2, 0.25) is 5.91 Å². The van der Waals surface area contributed by atoms with E-state index in [1.54, 1.807) is 30.5 Å². The van der Waals surface area contributed by atoms with E-state index in [0.717, 1.165) is 10.1 Å². The zero-order valence-electron chi connectivity index (χ0n) is 16.6. The molecule has 2 heterocycles. The van der Waals surface area contributed by atoms with E-state index in [-0.39, 0.29) is 12.2 Å². The van der Waals surface area contributed by atoms with E-state index < -0.39 is 23.0 Å². The van der Waals surface area contributed by atoms with Crippen molar-refractivity contribution in [3.63, 3.8) is 0 Å². The SMILES string of the molecule is Cc1ccc(NC(=O)Cn2c(=O)n(-c3ccc(F)c(C)c3)c(=O)c3sccc32)c(Cl)c1. The average molecular weight is 458 g/mol. The molecule has 0 unspecified atom stereocenters. The maximum atomic E-state index is 13.7. The molecule has 0 fully saturated rings. The molecule has 0 aliphatic heterocycles. The van der Waals surface area contributed by atoms with Crippen LogP contribution in [-0.2, 0) is 11.3 Å². The molecule has 4 aromatic rings. The third-order valence-electron chi connectivity index (χ3n) is 4.85. The van der Waals surface area contributed by atoms with Crippen LogP contribution in [0, 0.1) is 19.7 Å². The number of amides is 1. The van der Waals surface area contributed by atoms with E-state index in [4.69, 9.17) is 11.6 Å². The number of aryl methyl sites for hydroxylation is 2. The Morgan fingerprint density at radius 1 is 1.13 bits per heavy atom. The number of rotatable bonds is 4. The van der Waals surface area contributed by atoms with Crippen molar-refractivity contribution in [1.29, 1.82) is 0 Å². The van der Waals surface area contributed by atoms with Crippen molar-refractivity contribution in [2.75, 3.05) is 5.32 Å². The highest BCUT2D eigenvalue weighted by Crippen LogP contribution is 2.23. The predicted molar refractivity (Wildman–Crippen MR) is 121 cm³/mol. The Balaban J connectivity index is 1.80. The molecule has 0 aliphatic rings. The molecule has 4 rings (SSSR count). The summed E-state index contributed by atoms with van der Waals surface area (Å²) in [5.41, 5.74) is 1.06. The predicted octanol–water partition coefficient (Wildman–Crippen LogP) is 4.26. The van der Waals surface area contributed by atoms with E-state index in [1.165, 1.54) is 34.1 Å². The van der Waals surface area contributed by atoms with Gasteiger partial charge in [0.05, 0.1) is 21.9 Å². The molecule has 9 heteroatoms. The van der Waals surface area contributed by atoms with E-state index in [0.29, 0.717) is 26.5 Å². The van der Waals surface area contributed by atoms with Crippen LogP contribution in [0.25, 0.3) is 15.9 Å². The fraction of sp³-hybridized carbons (Fsp3) is 0.136. The Morgan fingerprint density at radius 3 is 2.61 bits per heavy atom. The lowest BCUT2D eigenvalue weighted by Gasteiger charge is -2.13. The lowest BCUT2D eigenvalue weighted by atomic mass is 10.2. The molecule has 0 bridgehead atoms. The molecule has 0 radical (unpaired) electrons. The smallest absolute Gasteiger partial charge is 0.323 e. The number of aromatic nitrogens is 2. The Labute approximate surface area is 185 Å². The van der Waals surface area contributed by atoms with E-state index in [1.807, 2.05) is 13.0 Å². The largest absolute Gasteiger partial charge is 0.336 e. The molecule has 31 heavy (non-hydrogen) atoms. The van der Waals surface area contributed by atoms with Crippen molar-refractivity contribution in [1.82, 2.24) is 9.13 Å². The van der Waals surface area contributed by atoms with Gasteiger partial charge in [-0.05, 0) is 66.8 Å². The van der Waals surface area contributed by atoms with Gasteiger partial charge in [0.1, 0.15) is 17.1 Å². The molecule has 1 amide bonds. The molecule has 6 nitrogen and oxygen atoms in total. The summed E-state index contributed by atoms with van der Waals surface area (Å²) in [4.78, 5) is 38.9. The van der Waals surface area contributed by atoms with Gasteiger partial charge in [0, 0.05) is 0 Å². The summed E-state index contributed by atoms with van der Waals surface area (Å²) in [5, 5.41) is 4.76. The van der Waals surface area contributed by atoms with Crippen LogP contribution in [-0.4, -0.2) is 15.0 Å².